The summed E-state index contributed by atoms with van der Waals surface area (Å²) in [4.78, 5) is 22.0. The smallest absolute Gasteiger partial charge is 0.292 e. The zero-order valence-corrected chi connectivity index (χ0v) is 12.0. The van der Waals surface area contributed by atoms with Crippen LogP contribution < -0.4 is 0 Å². The molecule has 0 saturated carbocycles. The number of carbonyl (C=O) groups is 1. The maximum absolute atomic E-state index is 12.0. The third kappa shape index (κ3) is 4.15. The number of carbonyl (C=O) groups excluding carboxylic acids is 1. The monoisotopic (exact) mass is 250 g/mol. The van der Waals surface area contributed by atoms with E-state index in [1.54, 1.807) is 6.07 Å². The van der Waals surface area contributed by atoms with Gasteiger partial charge in [-0.05, 0) is 37.8 Å². The third-order valence-electron chi connectivity index (χ3n) is 2.32. The van der Waals surface area contributed by atoms with Gasteiger partial charge >= 0.3 is 5.97 Å². The van der Waals surface area contributed by atoms with E-state index < -0.39 is 11.6 Å². The molecule has 3 heteroatoms. The van der Waals surface area contributed by atoms with Crippen LogP contribution in [0.25, 0.3) is 0 Å². The summed E-state index contributed by atoms with van der Waals surface area (Å²) in [6, 6.07) is 7.44. The van der Waals surface area contributed by atoms with Gasteiger partial charge in [0.05, 0.1) is 5.56 Å². The van der Waals surface area contributed by atoms with E-state index in [0.29, 0.717) is 5.56 Å². The van der Waals surface area contributed by atoms with Crippen molar-refractivity contribution in [2.45, 2.75) is 52.6 Å². The molecule has 3 nitrogen and oxygen atoms in total. The van der Waals surface area contributed by atoms with Crippen LogP contribution in [-0.4, -0.2) is 11.6 Å². The number of hydrogen-bond donors (Lipinski definition) is 0. The minimum atomic E-state index is -0.508. The van der Waals surface area contributed by atoms with Gasteiger partial charge in [0.2, 0.25) is 0 Å². The predicted octanol–water partition coefficient (Wildman–Crippen LogP) is 3.87. The SMILES string of the molecule is CC(C)(C)OOC(=O)c1ccccc1C(C)(C)C. The molecule has 0 atom stereocenters. The molecule has 1 rings (SSSR count). The van der Waals surface area contributed by atoms with Gasteiger partial charge < -0.3 is 0 Å². The van der Waals surface area contributed by atoms with E-state index in [9.17, 15) is 4.79 Å². The van der Waals surface area contributed by atoms with Crippen molar-refractivity contribution in [3.63, 3.8) is 0 Å². The lowest BCUT2D eigenvalue weighted by molar-refractivity contribution is -0.301. The van der Waals surface area contributed by atoms with Gasteiger partial charge in [0.25, 0.3) is 0 Å². The highest BCUT2D eigenvalue weighted by Crippen LogP contribution is 2.26. The van der Waals surface area contributed by atoms with Gasteiger partial charge in [-0.15, -0.1) is 0 Å². The molecular weight excluding hydrogens is 228 g/mol. The molecule has 18 heavy (non-hydrogen) atoms. The summed E-state index contributed by atoms with van der Waals surface area (Å²) >= 11 is 0. The van der Waals surface area contributed by atoms with Crippen LogP contribution >= 0.6 is 0 Å². The van der Waals surface area contributed by atoms with Crippen molar-refractivity contribution in [3.05, 3.63) is 35.4 Å². The molecule has 0 aliphatic rings. The first-order chi connectivity index (χ1) is 8.11. The van der Waals surface area contributed by atoms with Gasteiger partial charge in [0, 0.05) is 0 Å². The van der Waals surface area contributed by atoms with Crippen LogP contribution in [0.15, 0.2) is 24.3 Å². The van der Waals surface area contributed by atoms with Crippen molar-refractivity contribution < 1.29 is 14.6 Å². The molecule has 0 spiro atoms. The Balaban J connectivity index is 2.93. The Labute approximate surface area is 109 Å². The van der Waals surface area contributed by atoms with Crippen LogP contribution in [0, 0.1) is 0 Å². The summed E-state index contributed by atoms with van der Waals surface area (Å²) < 4.78 is 0. The first kappa shape index (κ1) is 14.7. The summed E-state index contributed by atoms with van der Waals surface area (Å²) in [6.07, 6.45) is 0. The minimum absolute atomic E-state index is 0.114. The van der Waals surface area contributed by atoms with Gasteiger partial charge in [0.1, 0.15) is 5.60 Å². The Morgan fingerprint density at radius 2 is 1.56 bits per heavy atom. The zero-order valence-electron chi connectivity index (χ0n) is 12.0. The molecule has 0 aromatic heterocycles. The maximum Gasteiger partial charge on any atom is 0.373 e. The molecule has 0 unspecified atom stereocenters. The molecular formula is C15H22O3. The Morgan fingerprint density at radius 3 is 2.06 bits per heavy atom. The van der Waals surface area contributed by atoms with E-state index in [0.717, 1.165) is 5.56 Å². The highest BCUT2D eigenvalue weighted by atomic mass is 17.2. The van der Waals surface area contributed by atoms with E-state index in [1.165, 1.54) is 0 Å². The molecule has 1 aromatic rings. The Hall–Kier alpha value is -1.35. The molecule has 100 valence electrons. The first-order valence-electron chi connectivity index (χ1n) is 6.11. The van der Waals surface area contributed by atoms with Gasteiger partial charge in [-0.1, -0.05) is 39.0 Å². The first-order valence-corrected chi connectivity index (χ1v) is 6.11. The van der Waals surface area contributed by atoms with Crippen LogP contribution in [0.5, 0.6) is 0 Å². The summed E-state index contributed by atoms with van der Waals surface area (Å²) in [5, 5.41) is 0. The molecule has 0 radical (unpaired) electrons. The zero-order chi connectivity index (χ0) is 14.0. The van der Waals surface area contributed by atoms with Crippen molar-refractivity contribution in [2.24, 2.45) is 0 Å². The molecule has 0 saturated heterocycles. The van der Waals surface area contributed by atoms with E-state index in [-0.39, 0.29) is 5.41 Å². The van der Waals surface area contributed by atoms with Crippen molar-refractivity contribution in [1.29, 1.82) is 0 Å². The van der Waals surface area contributed by atoms with Crippen LogP contribution in [-0.2, 0) is 15.2 Å². The standard InChI is InChI=1S/C15H22O3/c1-14(2,3)12-10-8-7-9-11(12)13(16)17-18-15(4,5)6/h7-10H,1-6H3. The maximum atomic E-state index is 12.0. The van der Waals surface area contributed by atoms with E-state index in [1.807, 2.05) is 39.0 Å². The van der Waals surface area contributed by atoms with Crippen molar-refractivity contribution >= 4 is 5.97 Å². The minimum Gasteiger partial charge on any atom is -0.292 e. The predicted molar refractivity (Wildman–Crippen MR) is 71.4 cm³/mol. The second kappa shape index (κ2) is 5.11. The Morgan fingerprint density at radius 1 is 1.00 bits per heavy atom. The Bertz CT molecular complexity index is 422. The average molecular weight is 250 g/mol. The fourth-order valence-corrected chi connectivity index (χ4v) is 1.52. The van der Waals surface area contributed by atoms with Crippen LogP contribution in [0.4, 0.5) is 0 Å². The van der Waals surface area contributed by atoms with Crippen LogP contribution in [0.3, 0.4) is 0 Å². The number of hydrogen-bond acceptors (Lipinski definition) is 3. The summed E-state index contributed by atoms with van der Waals surface area (Å²) in [5.41, 5.74) is 0.880. The molecule has 0 N–H and O–H groups in total. The van der Waals surface area contributed by atoms with E-state index in [4.69, 9.17) is 9.78 Å². The fraction of sp³-hybridized carbons (Fsp3) is 0.533. The summed E-state index contributed by atoms with van der Waals surface area (Å²) in [5.74, 6) is -0.449. The van der Waals surface area contributed by atoms with Crippen LogP contribution in [0.1, 0.15) is 57.5 Å². The topological polar surface area (TPSA) is 35.5 Å². The normalized spacial score (nSPS) is 12.3. The van der Waals surface area contributed by atoms with Gasteiger partial charge in [-0.2, -0.15) is 4.89 Å². The molecule has 0 aliphatic carbocycles. The second-order valence-electron chi connectivity index (χ2n) is 6.36. The van der Waals surface area contributed by atoms with Crippen LogP contribution in [0.2, 0.25) is 0 Å². The number of rotatable bonds is 2. The molecule has 0 bridgehead atoms. The summed E-state index contributed by atoms with van der Waals surface area (Å²) in [7, 11) is 0. The molecule has 0 amide bonds. The highest BCUT2D eigenvalue weighted by molar-refractivity contribution is 5.91. The van der Waals surface area contributed by atoms with Gasteiger partial charge in [-0.25, -0.2) is 4.79 Å². The molecule has 0 heterocycles. The number of benzene rings is 1. The van der Waals surface area contributed by atoms with Crippen molar-refractivity contribution in [2.75, 3.05) is 0 Å². The summed E-state index contributed by atoms with van der Waals surface area (Å²) in [6.45, 7) is 11.7. The molecule has 0 aliphatic heterocycles. The fourth-order valence-electron chi connectivity index (χ4n) is 1.52. The van der Waals surface area contributed by atoms with Crippen molar-refractivity contribution in [1.82, 2.24) is 0 Å². The van der Waals surface area contributed by atoms with Gasteiger partial charge in [0.15, 0.2) is 0 Å². The van der Waals surface area contributed by atoms with E-state index >= 15 is 0 Å². The largest absolute Gasteiger partial charge is 0.373 e. The molecule has 0 fully saturated rings. The lowest BCUT2D eigenvalue weighted by atomic mass is 9.84. The third-order valence-corrected chi connectivity index (χ3v) is 2.32. The second-order valence-corrected chi connectivity index (χ2v) is 6.36. The highest BCUT2D eigenvalue weighted by Gasteiger charge is 2.24. The lowest BCUT2D eigenvalue weighted by Crippen LogP contribution is -2.24. The van der Waals surface area contributed by atoms with Gasteiger partial charge in [-0.3, -0.25) is 4.89 Å². The van der Waals surface area contributed by atoms with E-state index in [2.05, 4.69) is 20.8 Å². The Kier molecular flexibility index (Phi) is 4.17. The molecule has 1 aromatic carbocycles. The lowest BCUT2D eigenvalue weighted by Gasteiger charge is -2.22. The van der Waals surface area contributed by atoms with Crippen molar-refractivity contribution in [3.8, 4) is 0 Å². The quantitative estimate of drug-likeness (QED) is 0.590. The average Bonchev–Trinajstić information content (AvgIpc) is 2.24.